The molecule has 0 radical (unpaired) electrons. The van der Waals surface area contributed by atoms with E-state index in [0.29, 0.717) is 77.0 Å². The molecule has 15 amide bonds. The van der Waals surface area contributed by atoms with Crippen molar-refractivity contribution in [2.45, 2.75) is 261 Å². The van der Waals surface area contributed by atoms with Crippen LogP contribution in [0.2, 0.25) is 0 Å². The minimum atomic E-state index is -1.95. The lowest BCUT2D eigenvalue weighted by Crippen LogP contribution is -2.62. The van der Waals surface area contributed by atoms with Crippen molar-refractivity contribution >= 4 is 134 Å². The van der Waals surface area contributed by atoms with Gasteiger partial charge in [-0.2, -0.15) is 0 Å². The number of aliphatic carboxylic acids is 2. The standard InChI is InChI=1S/C94H128FN19O21S/c1-10-12-24-72-85(126)105-65(35-52(3)4)89(130)110(9)77(81(96)122)49-136-50-78(117)100-67(37-54-29-31-57(95)32-30-54)91(132)112-33-19-18-27-73(112)87(128)106-69(42-79(118)119)92(133)113-34-20-28-74(113)86(127)102-64(40-58-44-97-51-99-58)83(124)103-66(36-53(5)6)93(134)114-46-59(116)41-76(114)88(129)101-63(38-55-43-98-62-23-16-14-21-60(55)62)82(123)107-70(48-115)84(125)104-68(90(131)109(8)75(25-13-11-2)94(135)108(72)7)39-56-45-111(47-80(120)121)71-26-17-15-22-61(56)71/h14-17,21-23,26,29-32,43-45,51-53,59,63-70,72-77,98,115-116H,10-13,18-20,24-25,27-28,33-42,46-50H2,1-9H3,(H2,96,122)(H,97,99)(H,100,117)(H,101,129)(H,102,127)(H,103,124)(H,104,125)(H,105,126)(H,106,128)(H,107,123)(H,118,119)(H,120,121)/t59-,63+,64+,65+,66+,67+,68+,69+,70+,72+,73+,74+,75+,76+,77+/m1/s1. The third-order valence-electron chi connectivity index (χ3n) is 25.3. The summed E-state index contributed by atoms with van der Waals surface area (Å²) in [4.78, 5) is 268. The number of benzene rings is 3. The van der Waals surface area contributed by atoms with Crippen LogP contribution in [0.1, 0.15) is 160 Å². The summed E-state index contributed by atoms with van der Waals surface area (Å²) in [6, 6.07) is -3.15. The largest absolute Gasteiger partial charge is 0.481 e. The highest BCUT2D eigenvalue weighted by molar-refractivity contribution is 8.00. The highest BCUT2D eigenvalue weighted by atomic mass is 32.2. The Morgan fingerprint density at radius 1 is 0.529 bits per heavy atom. The number of carbonyl (C=O) groups excluding carboxylic acids is 15. The van der Waals surface area contributed by atoms with Crippen molar-refractivity contribution in [1.82, 2.24) is 91.5 Å². The zero-order chi connectivity index (χ0) is 99.1. The average Bonchev–Trinajstić information content (AvgIpc) is 1.64. The summed E-state index contributed by atoms with van der Waals surface area (Å²) in [6.45, 7) is 8.31. The van der Waals surface area contributed by atoms with Gasteiger partial charge in [0.1, 0.15) is 96.9 Å². The van der Waals surface area contributed by atoms with Crippen LogP contribution < -0.4 is 48.3 Å². The molecule has 4 fully saturated rings. The van der Waals surface area contributed by atoms with Gasteiger partial charge in [-0.25, -0.2) is 9.37 Å². The number of piperidine rings is 1. The van der Waals surface area contributed by atoms with E-state index < -0.39 is 242 Å². The van der Waals surface area contributed by atoms with Crippen molar-refractivity contribution in [3.63, 3.8) is 0 Å². The number of amides is 15. The minimum Gasteiger partial charge on any atom is -0.481 e. The summed E-state index contributed by atoms with van der Waals surface area (Å²) >= 11 is 0.841. The first-order chi connectivity index (χ1) is 64.8. The predicted octanol–water partition coefficient (Wildman–Crippen LogP) is 1.20. The zero-order valence-electron chi connectivity index (χ0n) is 78.1. The van der Waals surface area contributed by atoms with Gasteiger partial charge in [0, 0.05) is 119 Å². The molecule has 4 aliphatic heterocycles. The van der Waals surface area contributed by atoms with E-state index >= 15 is 52.7 Å². The number of hydrogen-bond acceptors (Lipinski definition) is 21. The number of thioether (sulfide) groups is 1. The number of primary amides is 1. The number of carboxylic acid groups (broad SMARTS) is 2. The number of unbranched alkanes of at least 4 members (excludes halogenated alkanes) is 2. The number of nitrogens with two attached hydrogens (primary N) is 1. The molecule has 738 valence electrons. The number of imidazole rings is 1. The number of aromatic amines is 2. The van der Waals surface area contributed by atoms with Crippen LogP contribution in [0.15, 0.2) is 97.7 Å². The number of fused-ring (bicyclic) bond motifs is 5. The van der Waals surface area contributed by atoms with Crippen molar-refractivity contribution in [3.05, 3.63) is 126 Å². The van der Waals surface area contributed by atoms with E-state index in [9.17, 15) is 53.6 Å². The van der Waals surface area contributed by atoms with Gasteiger partial charge in [-0.1, -0.05) is 116 Å². The second-order valence-electron chi connectivity index (χ2n) is 36.4. The number of para-hydroxylation sites is 2. The summed E-state index contributed by atoms with van der Waals surface area (Å²) in [7, 11) is 3.97. The molecule has 15 atom stereocenters. The smallest absolute Gasteiger partial charge is 0.323 e. The van der Waals surface area contributed by atoms with E-state index in [-0.39, 0.29) is 101 Å². The highest BCUT2D eigenvalue weighted by Gasteiger charge is 2.48. The van der Waals surface area contributed by atoms with Gasteiger partial charge < -0.3 is 113 Å². The molecule has 6 aromatic rings. The Kier molecular flexibility index (Phi) is 38.0. The molecule has 3 aromatic heterocycles. The van der Waals surface area contributed by atoms with Crippen LogP contribution in [0, 0.1) is 17.7 Å². The zero-order valence-corrected chi connectivity index (χ0v) is 78.9. The number of likely N-dealkylation sites (N-methyl/N-ethyl adjacent to an activating group) is 3. The molecule has 40 nitrogen and oxygen atoms in total. The average molecular weight is 1910 g/mol. The van der Waals surface area contributed by atoms with E-state index in [2.05, 4.69) is 57.5 Å². The molecular formula is C94H128FN19O21S. The van der Waals surface area contributed by atoms with Crippen LogP contribution >= 0.6 is 11.8 Å². The van der Waals surface area contributed by atoms with Gasteiger partial charge in [-0.15, -0.1) is 11.8 Å². The SMILES string of the molecule is CCCC[C@H]1C(=O)N(C)[C@@H](CCCC)C(=O)N[C@@H](CC(C)C)C(=O)N(C)[C@H](C(N)=O)CSCC(=O)N[C@@H](Cc2ccc(F)cc2)C(=O)N2CCCC[C@H]2C(=O)N[C@@H](CC(=O)O)C(=O)N2CCC[C@H]2C(=O)N[C@@H](Cc2c[nH]cn2)C(=O)N[C@@H](CC(C)C)C(=O)N2C[C@H](O)C[C@H]2C(=O)N[C@@H](Cc2c[nH]c3ccccc23)C(=O)N[C@@H](CO)C(=O)N[C@@H](Cc2cn(CC(=O)O)c3ccccc23)C(=O)N1C. The molecule has 0 saturated carbocycles. The number of rotatable bonds is 24. The number of carbonyl (C=O) groups is 17. The quantitative estimate of drug-likeness (QED) is 0.0405. The fourth-order valence-electron chi connectivity index (χ4n) is 18.2. The summed E-state index contributed by atoms with van der Waals surface area (Å²) in [5, 5.41) is 66.0. The van der Waals surface area contributed by atoms with Crippen LogP contribution in [0.25, 0.3) is 21.8 Å². The van der Waals surface area contributed by atoms with Crippen molar-refractivity contribution < 1.29 is 106 Å². The maximum atomic E-state index is 15.9. The Bertz CT molecular complexity index is 5280. The number of halogens is 1. The molecule has 0 spiro atoms. The number of nitrogens with one attached hydrogen (secondary N) is 10. The second-order valence-corrected chi connectivity index (χ2v) is 37.4. The molecule has 16 N–H and O–H groups in total. The Morgan fingerprint density at radius 2 is 1.05 bits per heavy atom. The lowest BCUT2D eigenvalue weighted by atomic mass is 9.97. The topological polar surface area (TPSA) is 562 Å². The number of aliphatic hydroxyl groups is 2. The Balaban J connectivity index is 1.03. The first-order valence-electron chi connectivity index (χ1n) is 46.4. The van der Waals surface area contributed by atoms with Crippen LogP contribution in [-0.2, 0) is 114 Å². The summed E-state index contributed by atoms with van der Waals surface area (Å²) in [6.07, 6.45) is 3.95. The van der Waals surface area contributed by atoms with Gasteiger partial charge in [0.05, 0.1) is 36.9 Å². The van der Waals surface area contributed by atoms with E-state index in [0.717, 1.165) is 43.5 Å². The Labute approximate surface area is 791 Å². The third-order valence-corrected chi connectivity index (χ3v) is 26.3. The van der Waals surface area contributed by atoms with Crippen LogP contribution in [0.3, 0.4) is 0 Å². The van der Waals surface area contributed by atoms with E-state index in [1.54, 1.807) is 82.4 Å². The fourth-order valence-corrected chi connectivity index (χ4v) is 19.2. The third kappa shape index (κ3) is 27.5. The minimum absolute atomic E-state index is 0.0177. The molecule has 42 heteroatoms. The molecule has 0 aliphatic carbocycles. The predicted molar refractivity (Wildman–Crippen MR) is 497 cm³/mol. The van der Waals surface area contributed by atoms with Gasteiger partial charge in [0.2, 0.25) is 88.6 Å². The summed E-state index contributed by atoms with van der Waals surface area (Å²) in [5.74, 6) is -18.8. The molecule has 4 saturated heterocycles. The van der Waals surface area contributed by atoms with Gasteiger partial charge in [0.15, 0.2) is 0 Å². The maximum Gasteiger partial charge on any atom is 0.323 e. The molecule has 4 aliphatic rings. The van der Waals surface area contributed by atoms with Gasteiger partial charge in [-0.3, -0.25) is 81.5 Å². The van der Waals surface area contributed by atoms with Crippen molar-refractivity contribution in [2.75, 3.05) is 58.9 Å². The van der Waals surface area contributed by atoms with Crippen LogP contribution in [0.4, 0.5) is 4.39 Å². The van der Waals surface area contributed by atoms with Crippen LogP contribution in [0.5, 0.6) is 0 Å². The number of hydrogen-bond donors (Lipinski definition) is 15. The normalized spacial score (nSPS) is 25.4. The van der Waals surface area contributed by atoms with E-state index in [1.165, 1.54) is 66.4 Å². The molecule has 136 heavy (non-hydrogen) atoms. The van der Waals surface area contributed by atoms with Gasteiger partial charge in [-0.05, 0) is 111 Å². The second kappa shape index (κ2) is 49.1. The van der Waals surface area contributed by atoms with E-state index in [4.69, 9.17) is 5.73 Å². The molecular weight excluding hydrogens is 1780 g/mol. The molecule has 7 heterocycles. The molecule has 3 aromatic carbocycles. The fraction of sp³-hybridized carbons (Fsp3) is 0.553. The number of aromatic nitrogens is 4. The van der Waals surface area contributed by atoms with E-state index in [1.807, 2.05) is 13.8 Å². The number of nitrogens with zero attached hydrogens (tertiary/aromatic N) is 8. The number of aliphatic hydroxyl groups excluding tert-OH is 2. The Morgan fingerprint density at radius 3 is 1.67 bits per heavy atom. The lowest BCUT2D eigenvalue weighted by molar-refractivity contribution is -0.150. The molecule has 0 bridgehead atoms. The summed E-state index contributed by atoms with van der Waals surface area (Å²) < 4.78 is 15.9. The van der Waals surface area contributed by atoms with Crippen molar-refractivity contribution in [2.24, 2.45) is 17.6 Å². The van der Waals surface area contributed by atoms with Gasteiger partial charge >= 0.3 is 11.9 Å². The number of H-pyrrole nitrogens is 2. The number of carboxylic acids is 2. The molecule has 0 unspecified atom stereocenters. The molecule has 10 rings (SSSR count). The van der Waals surface area contributed by atoms with Crippen LogP contribution in [-0.4, -0.2) is 319 Å². The Hall–Kier alpha value is -12.9. The highest BCUT2D eigenvalue weighted by Crippen LogP contribution is 2.30. The monoisotopic (exact) mass is 1910 g/mol. The maximum absolute atomic E-state index is 15.9. The lowest BCUT2D eigenvalue weighted by Gasteiger charge is -2.38. The van der Waals surface area contributed by atoms with Crippen molar-refractivity contribution in [3.8, 4) is 0 Å². The summed E-state index contributed by atoms with van der Waals surface area (Å²) in [5.41, 5.74) is 8.47. The first-order valence-corrected chi connectivity index (χ1v) is 47.5. The first kappa shape index (κ1) is 105. The van der Waals surface area contributed by atoms with Gasteiger partial charge in [0.25, 0.3) is 0 Å². The van der Waals surface area contributed by atoms with Crippen molar-refractivity contribution in [1.29, 1.82) is 0 Å².